The Hall–Kier alpha value is -1.88. The number of nitrogens with one attached hydrogen (secondary N) is 1. The highest BCUT2D eigenvalue weighted by Gasteiger charge is 2.07. The first-order chi connectivity index (χ1) is 9.29. The minimum absolute atomic E-state index is 0.00435. The fraction of sp³-hybridized carbons (Fsp3) is 0.286. The van der Waals surface area contributed by atoms with Crippen molar-refractivity contribution in [1.29, 1.82) is 0 Å². The average molecular weight is 276 g/mol. The van der Waals surface area contributed by atoms with Gasteiger partial charge in [0.25, 0.3) is 0 Å². The van der Waals surface area contributed by atoms with E-state index < -0.39 is 0 Å². The fourth-order valence-electron chi connectivity index (χ4n) is 1.66. The van der Waals surface area contributed by atoms with Crippen LogP contribution in [0.5, 0.6) is 5.88 Å². The third kappa shape index (κ3) is 4.06. The van der Waals surface area contributed by atoms with Crippen molar-refractivity contribution >= 4 is 17.2 Å². The van der Waals surface area contributed by atoms with E-state index in [2.05, 4.69) is 10.3 Å². The summed E-state index contributed by atoms with van der Waals surface area (Å²) >= 11 is 1.60. The van der Waals surface area contributed by atoms with E-state index >= 15 is 0 Å². The van der Waals surface area contributed by atoms with E-state index in [1.165, 1.54) is 0 Å². The van der Waals surface area contributed by atoms with Crippen LogP contribution in [0.4, 0.5) is 0 Å². The van der Waals surface area contributed by atoms with E-state index in [0.717, 1.165) is 11.1 Å². The van der Waals surface area contributed by atoms with Gasteiger partial charge in [-0.15, -0.1) is 0 Å². The number of hydrogen-bond donors (Lipinski definition) is 1. The number of aromatic nitrogens is 1. The normalized spacial score (nSPS) is 10.2. The molecule has 0 aromatic carbocycles. The largest absolute Gasteiger partial charge is 0.478 e. The summed E-state index contributed by atoms with van der Waals surface area (Å²) in [6.45, 7) is 2.91. The lowest BCUT2D eigenvalue weighted by molar-refractivity contribution is -0.120. The minimum atomic E-state index is 0.00435. The van der Waals surface area contributed by atoms with E-state index in [4.69, 9.17) is 4.74 Å². The van der Waals surface area contributed by atoms with Crippen LogP contribution in [0.15, 0.2) is 35.2 Å². The highest BCUT2D eigenvalue weighted by atomic mass is 32.1. The topological polar surface area (TPSA) is 51.2 Å². The van der Waals surface area contributed by atoms with Crippen LogP contribution in [-0.4, -0.2) is 17.5 Å². The second-order valence-electron chi connectivity index (χ2n) is 3.99. The second-order valence-corrected chi connectivity index (χ2v) is 4.77. The molecule has 0 aliphatic carbocycles. The molecule has 19 heavy (non-hydrogen) atoms. The quantitative estimate of drug-likeness (QED) is 0.881. The lowest BCUT2D eigenvalue weighted by Gasteiger charge is -2.09. The molecule has 100 valence electrons. The molecule has 5 heteroatoms. The van der Waals surface area contributed by atoms with Crippen LogP contribution in [0, 0.1) is 0 Å². The molecular formula is C14H16N2O2S. The van der Waals surface area contributed by atoms with Crippen LogP contribution in [0.1, 0.15) is 18.1 Å². The number of hydrogen-bond acceptors (Lipinski definition) is 4. The molecule has 0 aliphatic heterocycles. The van der Waals surface area contributed by atoms with E-state index in [0.29, 0.717) is 25.5 Å². The van der Waals surface area contributed by atoms with Gasteiger partial charge >= 0.3 is 0 Å². The SMILES string of the molecule is CCOc1ncccc1CNC(=O)Cc1ccsc1. The summed E-state index contributed by atoms with van der Waals surface area (Å²) in [5, 5.41) is 6.83. The number of carbonyl (C=O) groups excluding carboxylic acids is 1. The van der Waals surface area contributed by atoms with Crippen molar-refractivity contribution in [3.63, 3.8) is 0 Å². The van der Waals surface area contributed by atoms with Gasteiger partial charge in [0, 0.05) is 18.3 Å². The second kappa shape index (κ2) is 6.89. The molecule has 2 aromatic heterocycles. The third-order valence-corrected chi connectivity index (χ3v) is 3.28. The van der Waals surface area contributed by atoms with Crippen molar-refractivity contribution in [2.24, 2.45) is 0 Å². The van der Waals surface area contributed by atoms with Gasteiger partial charge in [0.05, 0.1) is 13.0 Å². The molecule has 0 spiro atoms. The van der Waals surface area contributed by atoms with E-state index in [1.807, 2.05) is 35.9 Å². The fourth-order valence-corrected chi connectivity index (χ4v) is 2.33. The van der Waals surface area contributed by atoms with Gasteiger partial charge in [-0.2, -0.15) is 11.3 Å². The highest BCUT2D eigenvalue weighted by Crippen LogP contribution is 2.14. The summed E-state index contributed by atoms with van der Waals surface area (Å²) in [5.41, 5.74) is 1.93. The summed E-state index contributed by atoms with van der Waals surface area (Å²) in [5.74, 6) is 0.588. The van der Waals surface area contributed by atoms with Gasteiger partial charge in [0.15, 0.2) is 0 Å². The Balaban J connectivity index is 1.89. The van der Waals surface area contributed by atoms with Crippen molar-refractivity contribution in [2.45, 2.75) is 19.9 Å². The zero-order chi connectivity index (χ0) is 13.5. The molecule has 2 rings (SSSR count). The van der Waals surface area contributed by atoms with Crippen LogP contribution in [0.3, 0.4) is 0 Å². The standard InChI is InChI=1S/C14H16N2O2S/c1-2-18-14-12(4-3-6-15-14)9-16-13(17)8-11-5-7-19-10-11/h3-7,10H,2,8-9H2,1H3,(H,16,17). The number of carbonyl (C=O) groups is 1. The summed E-state index contributed by atoms with van der Waals surface area (Å²) in [6, 6.07) is 5.70. The number of rotatable bonds is 6. The predicted molar refractivity (Wildman–Crippen MR) is 75.3 cm³/mol. The third-order valence-electron chi connectivity index (χ3n) is 2.55. The predicted octanol–water partition coefficient (Wildman–Crippen LogP) is 2.40. The van der Waals surface area contributed by atoms with Crippen LogP contribution in [0.25, 0.3) is 0 Å². The van der Waals surface area contributed by atoms with Crippen LogP contribution >= 0.6 is 11.3 Å². The maximum Gasteiger partial charge on any atom is 0.224 e. The van der Waals surface area contributed by atoms with Gasteiger partial charge in [0.1, 0.15) is 0 Å². The van der Waals surface area contributed by atoms with E-state index in [9.17, 15) is 4.79 Å². The Bertz CT molecular complexity index is 526. The molecule has 1 amide bonds. The maximum atomic E-state index is 11.8. The Labute approximate surface area is 116 Å². The maximum absolute atomic E-state index is 11.8. The molecule has 0 unspecified atom stereocenters. The average Bonchev–Trinajstić information content (AvgIpc) is 2.91. The summed E-state index contributed by atoms with van der Waals surface area (Å²) < 4.78 is 5.41. The molecule has 1 N–H and O–H groups in total. The molecule has 4 nitrogen and oxygen atoms in total. The van der Waals surface area contributed by atoms with Crippen molar-refractivity contribution in [3.05, 3.63) is 46.3 Å². The first-order valence-electron chi connectivity index (χ1n) is 6.14. The van der Waals surface area contributed by atoms with Crippen molar-refractivity contribution in [2.75, 3.05) is 6.61 Å². The molecule has 0 radical (unpaired) electrons. The van der Waals surface area contributed by atoms with Gasteiger partial charge in [-0.25, -0.2) is 4.98 Å². The number of ether oxygens (including phenoxy) is 1. The number of pyridine rings is 1. The Morgan fingerprint density at radius 2 is 2.37 bits per heavy atom. The van der Waals surface area contributed by atoms with Gasteiger partial charge in [-0.1, -0.05) is 6.07 Å². The molecule has 0 atom stereocenters. The summed E-state index contributed by atoms with van der Waals surface area (Å²) in [7, 11) is 0. The lowest BCUT2D eigenvalue weighted by Crippen LogP contribution is -2.24. The number of amides is 1. The van der Waals surface area contributed by atoms with Gasteiger partial charge in [-0.3, -0.25) is 4.79 Å². The molecular weight excluding hydrogens is 260 g/mol. The molecule has 0 fully saturated rings. The number of thiophene rings is 1. The van der Waals surface area contributed by atoms with Gasteiger partial charge < -0.3 is 10.1 Å². The van der Waals surface area contributed by atoms with Gasteiger partial charge in [0.2, 0.25) is 11.8 Å². The van der Waals surface area contributed by atoms with Crippen molar-refractivity contribution in [1.82, 2.24) is 10.3 Å². The molecule has 0 aliphatic rings. The zero-order valence-electron chi connectivity index (χ0n) is 10.8. The zero-order valence-corrected chi connectivity index (χ0v) is 11.6. The van der Waals surface area contributed by atoms with E-state index in [-0.39, 0.29) is 5.91 Å². The Morgan fingerprint density at radius 1 is 1.47 bits per heavy atom. The minimum Gasteiger partial charge on any atom is -0.478 e. The van der Waals surface area contributed by atoms with Crippen molar-refractivity contribution < 1.29 is 9.53 Å². The first-order valence-corrected chi connectivity index (χ1v) is 7.08. The lowest BCUT2D eigenvalue weighted by atomic mass is 10.2. The van der Waals surface area contributed by atoms with Crippen LogP contribution in [-0.2, 0) is 17.8 Å². The molecule has 0 saturated carbocycles. The number of nitrogens with zero attached hydrogens (tertiary/aromatic N) is 1. The van der Waals surface area contributed by atoms with E-state index in [1.54, 1.807) is 17.5 Å². The summed E-state index contributed by atoms with van der Waals surface area (Å²) in [4.78, 5) is 15.9. The monoisotopic (exact) mass is 276 g/mol. The molecule has 2 heterocycles. The van der Waals surface area contributed by atoms with Crippen molar-refractivity contribution in [3.8, 4) is 5.88 Å². The van der Waals surface area contributed by atoms with Crippen LogP contribution < -0.4 is 10.1 Å². The summed E-state index contributed by atoms with van der Waals surface area (Å²) in [6.07, 6.45) is 2.09. The highest BCUT2D eigenvalue weighted by molar-refractivity contribution is 7.07. The Morgan fingerprint density at radius 3 is 3.11 bits per heavy atom. The van der Waals surface area contributed by atoms with Crippen LogP contribution in [0.2, 0.25) is 0 Å². The first kappa shape index (κ1) is 13.5. The molecule has 0 saturated heterocycles. The Kier molecular flexibility index (Phi) is 4.92. The molecule has 2 aromatic rings. The molecule has 0 bridgehead atoms. The van der Waals surface area contributed by atoms with Gasteiger partial charge in [-0.05, 0) is 35.4 Å². The smallest absolute Gasteiger partial charge is 0.224 e.